The average molecular weight is 387 g/mol. The molecule has 2 amide bonds. The summed E-state index contributed by atoms with van der Waals surface area (Å²) >= 11 is 1.46. The fourth-order valence-electron chi connectivity index (χ4n) is 3.36. The van der Waals surface area contributed by atoms with Crippen LogP contribution < -0.4 is 5.32 Å². The number of anilines is 1. The van der Waals surface area contributed by atoms with E-state index in [2.05, 4.69) is 29.4 Å². The third-order valence-electron chi connectivity index (χ3n) is 4.99. The van der Waals surface area contributed by atoms with Gasteiger partial charge in [-0.3, -0.25) is 9.59 Å². The highest BCUT2D eigenvalue weighted by Crippen LogP contribution is 2.27. The molecule has 1 saturated heterocycles. The summed E-state index contributed by atoms with van der Waals surface area (Å²) in [6.07, 6.45) is 3.50. The Hall–Kier alpha value is -2.28. The minimum atomic E-state index is -0.0924. The van der Waals surface area contributed by atoms with Crippen molar-refractivity contribution in [3.05, 3.63) is 40.9 Å². The average Bonchev–Trinajstić information content (AvgIpc) is 3.17. The van der Waals surface area contributed by atoms with Gasteiger partial charge < -0.3 is 10.2 Å². The number of carbonyl (C=O) groups is 2. The number of hydrogen-bond donors (Lipinski definition) is 1. The summed E-state index contributed by atoms with van der Waals surface area (Å²) in [7, 11) is 0. The molecule has 1 unspecified atom stereocenters. The highest BCUT2D eigenvalue weighted by atomic mass is 32.1. The smallest absolute Gasteiger partial charge is 0.253 e. The molecule has 7 heteroatoms. The van der Waals surface area contributed by atoms with Gasteiger partial charge in [0.2, 0.25) is 11.0 Å². The Morgan fingerprint density at radius 3 is 2.59 bits per heavy atom. The molecule has 1 aromatic heterocycles. The van der Waals surface area contributed by atoms with Crippen LogP contribution in [0.25, 0.3) is 0 Å². The van der Waals surface area contributed by atoms with Crippen molar-refractivity contribution in [3.8, 4) is 0 Å². The Morgan fingerprint density at radius 1 is 1.22 bits per heavy atom. The van der Waals surface area contributed by atoms with Crippen molar-refractivity contribution in [1.82, 2.24) is 15.1 Å². The van der Waals surface area contributed by atoms with Crippen LogP contribution in [0.2, 0.25) is 0 Å². The van der Waals surface area contributed by atoms with Gasteiger partial charge in [-0.1, -0.05) is 49.8 Å². The maximum absolute atomic E-state index is 12.5. The van der Waals surface area contributed by atoms with Crippen LogP contribution >= 0.6 is 11.3 Å². The first-order chi connectivity index (χ1) is 13.1. The SMILES string of the molecule is CCCC(C)c1nnc(NC(=O)C2CCN(C(=O)c3ccccc3)CC2)s1. The molecule has 0 spiro atoms. The van der Waals surface area contributed by atoms with Crippen molar-refractivity contribution in [2.24, 2.45) is 5.92 Å². The van der Waals surface area contributed by atoms with Gasteiger partial charge in [-0.25, -0.2) is 0 Å². The lowest BCUT2D eigenvalue weighted by atomic mass is 9.95. The highest BCUT2D eigenvalue weighted by Gasteiger charge is 2.28. The van der Waals surface area contributed by atoms with Gasteiger partial charge in [0.1, 0.15) is 5.01 Å². The van der Waals surface area contributed by atoms with Crippen LogP contribution in [0, 0.1) is 5.92 Å². The molecular weight excluding hydrogens is 360 g/mol. The van der Waals surface area contributed by atoms with E-state index in [1.165, 1.54) is 11.3 Å². The van der Waals surface area contributed by atoms with Crippen LogP contribution in [-0.4, -0.2) is 40.0 Å². The number of piperidine rings is 1. The number of amides is 2. The monoisotopic (exact) mass is 386 g/mol. The van der Waals surface area contributed by atoms with Gasteiger partial charge in [-0.2, -0.15) is 0 Å². The molecular formula is C20H26N4O2S. The van der Waals surface area contributed by atoms with Crippen molar-refractivity contribution >= 4 is 28.3 Å². The highest BCUT2D eigenvalue weighted by molar-refractivity contribution is 7.15. The number of nitrogens with one attached hydrogen (secondary N) is 1. The molecule has 1 aromatic carbocycles. The van der Waals surface area contributed by atoms with Crippen LogP contribution in [-0.2, 0) is 4.79 Å². The zero-order valence-corrected chi connectivity index (χ0v) is 16.7. The van der Waals surface area contributed by atoms with Crippen LogP contribution in [0.1, 0.15) is 60.8 Å². The van der Waals surface area contributed by atoms with Crippen LogP contribution in [0.4, 0.5) is 5.13 Å². The van der Waals surface area contributed by atoms with E-state index in [0.29, 0.717) is 42.5 Å². The summed E-state index contributed by atoms with van der Waals surface area (Å²) in [6.45, 7) is 5.48. The van der Waals surface area contributed by atoms with E-state index in [-0.39, 0.29) is 17.7 Å². The second kappa shape index (κ2) is 9.08. The van der Waals surface area contributed by atoms with Gasteiger partial charge in [0.25, 0.3) is 5.91 Å². The van der Waals surface area contributed by atoms with Gasteiger partial charge >= 0.3 is 0 Å². The maximum Gasteiger partial charge on any atom is 0.253 e. The molecule has 6 nitrogen and oxygen atoms in total. The van der Waals surface area contributed by atoms with E-state index in [4.69, 9.17) is 0 Å². The molecule has 144 valence electrons. The van der Waals surface area contributed by atoms with Crippen LogP contribution in [0.3, 0.4) is 0 Å². The zero-order chi connectivity index (χ0) is 19.2. The zero-order valence-electron chi connectivity index (χ0n) is 15.9. The van der Waals surface area contributed by atoms with E-state index in [0.717, 1.165) is 17.8 Å². The summed E-state index contributed by atoms with van der Waals surface area (Å²) in [6, 6.07) is 9.28. The number of nitrogens with zero attached hydrogens (tertiary/aromatic N) is 3. The lowest BCUT2D eigenvalue weighted by Gasteiger charge is -2.31. The number of aromatic nitrogens is 2. The minimum Gasteiger partial charge on any atom is -0.339 e. The van der Waals surface area contributed by atoms with Gasteiger partial charge in [-0.15, -0.1) is 10.2 Å². The van der Waals surface area contributed by atoms with Crippen molar-refractivity contribution in [2.45, 2.75) is 45.4 Å². The second-order valence-electron chi connectivity index (χ2n) is 7.06. The third-order valence-corrected chi connectivity index (χ3v) is 6.06. The molecule has 2 heterocycles. The molecule has 1 atom stereocenters. The molecule has 27 heavy (non-hydrogen) atoms. The van der Waals surface area contributed by atoms with E-state index >= 15 is 0 Å². The lowest BCUT2D eigenvalue weighted by molar-refractivity contribution is -0.121. The van der Waals surface area contributed by atoms with Gasteiger partial charge in [0, 0.05) is 30.5 Å². The molecule has 1 aliphatic heterocycles. The van der Waals surface area contributed by atoms with Crippen LogP contribution in [0.15, 0.2) is 30.3 Å². The summed E-state index contributed by atoms with van der Waals surface area (Å²) < 4.78 is 0. The van der Waals surface area contributed by atoms with E-state index in [1.54, 1.807) is 0 Å². The predicted molar refractivity (Wildman–Crippen MR) is 107 cm³/mol. The number of rotatable bonds is 6. The topological polar surface area (TPSA) is 75.2 Å². The maximum atomic E-state index is 12.5. The Morgan fingerprint density at radius 2 is 1.93 bits per heavy atom. The molecule has 0 aliphatic carbocycles. The number of carbonyl (C=O) groups excluding carboxylic acids is 2. The molecule has 3 rings (SSSR count). The van der Waals surface area contributed by atoms with E-state index in [1.807, 2.05) is 35.2 Å². The Labute approximate surface area is 164 Å². The van der Waals surface area contributed by atoms with Crippen molar-refractivity contribution in [2.75, 3.05) is 18.4 Å². The van der Waals surface area contributed by atoms with Crippen molar-refractivity contribution < 1.29 is 9.59 Å². The normalized spacial score (nSPS) is 16.1. The largest absolute Gasteiger partial charge is 0.339 e. The molecule has 1 aliphatic rings. The lowest BCUT2D eigenvalue weighted by Crippen LogP contribution is -2.41. The molecule has 0 bridgehead atoms. The molecule has 1 N–H and O–H groups in total. The van der Waals surface area contributed by atoms with E-state index < -0.39 is 0 Å². The number of hydrogen-bond acceptors (Lipinski definition) is 5. The summed E-state index contributed by atoms with van der Waals surface area (Å²) in [5.41, 5.74) is 0.697. The first kappa shape index (κ1) is 19.5. The molecule has 0 saturated carbocycles. The van der Waals surface area contributed by atoms with Gasteiger partial charge in [0.15, 0.2) is 0 Å². The number of likely N-dealkylation sites (tertiary alicyclic amines) is 1. The molecule has 1 fully saturated rings. The Bertz CT molecular complexity index is 769. The minimum absolute atomic E-state index is 0.0207. The standard InChI is InChI=1S/C20H26N4O2S/c1-3-7-14(2)18-22-23-20(27-18)21-17(25)15-10-12-24(13-11-15)19(26)16-8-5-4-6-9-16/h4-6,8-9,14-15H,3,7,10-13H2,1-2H3,(H,21,23,25). The van der Waals surface area contributed by atoms with Gasteiger partial charge in [0.05, 0.1) is 0 Å². The first-order valence-electron chi connectivity index (χ1n) is 9.57. The van der Waals surface area contributed by atoms with Gasteiger partial charge in [-0.05, 0) is 31.4 Å². The fourth-order valence-corrected chi connectivity index (χ4v) is 4.19. The predicted octanol–water partition coefficient (Wildman–Crippen LogP) is 3.93. The molecule has 0 radical (unpaired) electrons. The second-order valence-corrected chi connectivity index (χ2v) is 8.07. The molecule has 2 aromatic rings. The fraction of sp³-hybridized carbons (Fsp3) is 0.500. The quantitative estimate of drug-likeness (QED) is 0.816. The summed E-state index contributed by atoms with van der Waals surface area (Å²) in [5.74, 6) is 0.288. The Balaban J connectivity index is 1.51. The van der Waals surface area contributed by atoms with E-state index in [9.17, 15) is 9.59 Å². The van der Waals surface area contributed by atoms with Crippen LogP contribution in [0.5, 0.6) is 0 Å². The summed E-state index contributed by atoms with van der Waals surface area (Å²) in [5, 5.41) is 12.8. The third kappa shape index (κ3) is 4.91. The first-order valence-corrected chi connectivity index (χ1v) is 10.4. The van der Waals surface area contributed by atoms with Crippen molar-refractivity contribution in [3.63, 3.8) is 0 Å². The van der Waals surface area contributed by atoms with Crippen molar-refractivity contribution in [1.29, 1.82) is 0 Å². The number of benzene rings is 1. The summed E-state index contributed by atoms with van der Waals surface area (Å²) in [4.78, 5) is 26.9. The Kier molecular flexibility index (Phi) is 6.55.